The molecule has 3 aromatic rings. The van der Waals surface area contributed by atoms with Gasteiger partial charge < -0.3 is 10.1 Å². The molecule has 0 saturated heterocycles. The van der Waals surface area contributed by atoms with Crippen molar-refractivity contribution in [1.82, 2.24) is 5.32 Å². The third kappa shape index (κ3) is 4.90. The molecular weight excluding hydrogens is 334 g/mol. The van der Waals surface area contributed by atoms with Crippen LogP contribution in [0.15, 0.2) is 60.0 Å². The number of carbonyl (C=O) groups excluding carboxylic acids is 2. The molecule has 0 atom stereocenters. The summed E-state index contributed by atoms with van der Waals surface area (Å²) in [6, 6.07) is 17.7. The number of esters is 1. The van der Waals surface area contributed by atoms with Gasteiger partial charge in [-0.3, -0.25) is 9.59 Å². The van der Waals surface area contributed by atoms with Gasteiger partial charge in [0, 0.05) is 11.4 Å². The van der Waals surface area contributed by atoms with Crippen molar-refractivity contribution in [3.05, 3.63) is 70.4 Å². The predicted molar refractivity (Wildman–Crippen MR) is 99.6 cm³/mol. The Balaban J connectivity index is 1.45. The van der Waals surface area contributed by atoms with Crippen LogP contribution in [0.1, 0.15) is 10.4 Å². The summed E-state index contributed by atoms with van der Waals surface area (Å²) >= 11 is 1.66. The van der Waals surface area contributed by atoms with E-state index in [-0.39, 0.29) is 18.9 Å². The normalized spacial score (nSPS) is 10.6. The maximum Gasteiger partial charge on any atom is 0.310 e. The third-order valence-electron chi connectivity index (χ3n) is 3.85. The maximum absolute atomic E-state index is 12.0. The Morgan fingerprint density at radius 2 is 1.84 bits per heavy atom. The average molecular weight is 353 g/mol. The minimum Gasteiger partial charge on any atom is -0.455 e. The first-order valence-corrected chi connectivity index (χ1v) is 9.02. The number of rotatable bonds is 7. The second kappa shape index (κ2) is 8.44. The van der Waals surface area contributed by atoms with E-state index in [2.05, 4.69) is 5.32 Å². The lowest BCUT2D eigenvalue weighted by Gasteiger charge is -2.08. The zero-order valence-electron chi connectivity index (χ0n) is 13.7. The van der Waals surface area contributed by atoms with E-state index in [0.29, 0.717) is 6.54 Å². The van der Waals surface area contributed by atoms with Gasteiger partial charge in [0.15, 0.2) is 6.61 Å². The molecule has 0 fully saturated rings. The molecule has 0 aliphatic heterocycles. The van der Waals surface area contributed by atoms with Gasteiger partial charge in [0.1, 0.15) is 0 Å². The van der Waals surface area contributed by atoms with Gasteiger partial charge in [0.25, 0.3) is 5.91 Å². The van der Waals surface area contributed by atoms with Gasteiger partial charge in [-0.25, -0.2) is 0 Å². The molecule has 25 heavy (non-hydrogen) atoms. The lowest BCUT2D eigenvalue weighted by atomic mass is 10.0. The van der Waals surface area contributed by atoms with Gasteiger partial charge in [-0.05, 0) is 34.2 Å². The van der Waals surface area contributed by atoms with Crippen LogP contribution in [0.3, 0.4) is 0 Å². The molecule has 0 bridgehead atoms. The summed E-state index contributed by atoms with van der Waals surface area (Å²) in [6.45, 7) is 0.300. The van der Waals surface area contributed by atoms with Gasteiger partial charge in [0.05, 0.1) is 6.42 Å². The largest absolute Gasteiger partial charge is 0.455 e. The lowest BCUT2D eigenvalue weighted by molar-refractivity contribution is -0.147. The number of benzene rings is 2. The molecule has 0 radical (unpaired) electrons. The zero-order chi connectivity index (χ0) is 17.5. The first-order chi connectivity index (χ1) is 12.2. The fourth-order valence-electron chi connectivity index (χ4n) is 2.63. The van der Waals surface area contributed by atoms with Crippen LogP contribution in [0, 0.1) is 0 Å². The third-order valence-corrected chi connectivity index (χ3v) is 4.79. The Kier molecular flexibility index (Phi) is 5.80. The number of thiophene rings is 1. The molecule has 0 saturated carbocycles. The summed E-state index contributed by atoms with van der Waals surface area (Å²) in [5.74, 6) is -0.674. The van der Waals surface area contributed by atoms with E-state index in [0.717, 1.165) is 22.8 Å². The van der Waals surface area contributed by atoms with Crippen molar-refractivity contribution in [1.29, 1.82) is 0 Å². The van der Waals surface area contributed by atoms with Gasteiger partial charge in [-0.1, -0.05) is 48.5 Å². The van der Waals surface area contributed by atoms with Crippen LogP contribution in [-0.2, 0) is 27.2 Å². The Morgan fingerprint density at radius 1 is 1.00 bits per heavy atom. The Labute approximate surface area is 150 Å². The Morgan fingerprint density at radius 3 is 2.68 bits per heavy atom. The van der Waals surface area contributed by atoms with Crippen molar-refractivity contribution in [2.45, 2.75) is 12.8 Å². The molecule has 4 nitrogen and oxygen atoms in total. The highest BCUT2D eigenvalue weighted by Gasteiger charge is 2.10. The molecule has 1 heterocycles. The highest BCUT2D eigenvalue weighted by atomic mass is 32.1. The quantitative estimate of drug-likeness (QED) is 0.663. The highest BCUT2D eigenvalue weighted by Crippen LogP contribution is 2.19. The Hall–Kier alpha value is -2.66. The summed E-state index contributed by atoms with van der Waals surface area (Å²) in [6.07, 6.45) is 0.942. The van der Waals surface area contributed by atoms with E-state index in [9.17, 15) is 9.59 Å². The molecule has 128 valence electrons. The van der Waals surface area contributed by atoms with E-state index < -0.39 is 5.97 Å². The molecule has 1 N–H and O–H groups in total. The van der Waals surface area contributed by atoms with Crippen molar-refractivity contribution < 1.29 is 14.3 Å². The predicted octanol–water partition coefficient (Wildman–Crippen LogP) is 3.35. The second-order valence-corrected chi connectivity index (χ2v) is 6.69. The summed E-state index contributed by atoms with van der Waals surface area (Å²) in [7, 11) is 0. The molecule has 1 amide bonds. The minimum atomic E-state index is -0.398. The van der Waals surface area contributed by atoms with E-state index in [1.807, 2.05) is 60.0 Å². The number of hydrogen-bond acceptors (Lipinski definition) is 4. The fourth-order valence-corrected chi connectivity index (χ4v) is 3.34. The molecular formula is C20H19NO3S. The summed E-state index contributed by atoms with van der Waals surface area (Å²) in [4.78, 5) is 25.0. The van der Waals surface area contributed by atoms with Gasteiger partial charge in [-0.15, -0.1) is 11.3 Å². The van der Waals surface area contributed by atoms with Crippen molar-refractivity contribution in [2.24, 2.45) is 0 Å². The molecule has 0 aliphatic rings. The van der Waals surface area contributed by atoms with E-state index >= 15 is 0 Å². The van der Waals surface area contributed by atoms with Gasteiger partial charge in [-0.2, -0.15) is 0 Å². The average Bonchev–Trinajstić information content (AvgIpc) is 3.14. The number of ether oxygens (including phenoxy) is 1. The summed E-state index contributed by atoms with van der Waals surface area (Å²) in [5.41, 5.74) is 0.904. The molecule has 3 rings (SSSR count). The lowest BCUT2D eigenvalue weighted by Crippen LogP contribution is -2.30. The number of hydrogen-bond donors (Lipinski definition) is 1. The number of fused-ring (bicyclic) bond motifs is 1. The minimum absolute atomic E-state index is 0.157. The monoisotopic (exact) mass is 353 g/mol. The number of carbonyl (C=O) groups is 2. The molecule has 0 spiro atoms. The summed E-state index contributed by atoms with van der Waals surface area (Å²) < 4.78 is 5.10. The van der Waals surface area contributed by atoms with Crippen LogP contribution in [0.25, 0.3) is 10.8 Å². The van der Waals surface area contributed by atoms with Crippen LogP contribution >= 0.6 is 11.3 Å². The van der Waals surface area contributed by atoms with Crippen molar-refractivity contribution >= 4 is 34.0 Å². The van der Waals surface area contributed by atoms with Crippen LogP contribution in [0.5, 0.6) is 0 Å². The smallest absolute Gasteiger partial charge is 0.310 e. The maximum atomic E-state index is 12.0. The molecule has 0 aliphatic carbocycles. The van der Waals surface area contributed by atoms with Crippen LogP contribution < -0.4 is 5.32 Å². The molecule has 1 aromatic heterocycles. The van der Waals surface area contributed by atoms with Crippen molar-refractivity contribution in [3.63, 3.8) is 0 Å². The fraction of sp³-hybridized carbons (Fsp3) is 0.200. The van der Waals surface area contributed by atoms with E-state index in [1.54, 1.807) is 11.3 Å². The summed E-state index contributed by atoms with van der Waals surface area (Å²) in [5, 5.41) is 6.88. The second-order valence-electron chi connectivity index (χ2n) is 5.66. The van der Waals surface area contributed by atoms with E-state index in [1.165, 1.54) is 4.88 Å². The SMILES string of the molecule is O=C(COC(=O)Cc1cccc2ccccc12)NCCc1cccs1. The number of nitrogens with one attached hydrogen (secondary N) is 1. The van der Waals surface area contributed by atoms with Crippen molar-refractivity contribution in [3.8, 4) is 0 Å². The highest BCUT2D eigenvalue weighted by molar-refractivity contribution is 7.09. The van der Waals surface area contributed by atoms with Crippen LogP contribution in [-0.4, -0.2) is 25.0 Å². The van der Waals surface area contributed by atoms with E-state index in [4.69, 9.17) is 4.74 Å². The molecule has 2 aromatic carbocycles. The van der Waals surface area contributed by atoms with Gasteiger partial charge >= 0.3 is 5.97 Å². The molecule has 0 unspecified atom stereocenters. The molecule has 5 heteroatoms. The van der Waals surface area contributed by atoms with Crippen LogP contribution in [0.4, 0.5) is 0 Å². The van der Waals surface area contributed by atoms with Crippen molar-refractivity contribution in [2.75, 3.05) is 13.2 Å². The van der Waals surface area contributed by atoms with Crippen LogP contribution in [0.2, 0.25) is 0 Å². The topological polar surface area (TPSA) is 55.4 Å². The zero-order valence-corrected chi connectivity index (χ0v) is 14.6. The first-order valence-electron chi connectivity index (χ1n) is 8.14. The van der Waals surface area contributed by atoms with Gasteiger partial charge in [0.2, 0.25) is 0 Å². The number of amides is 1. The standard InChI is InChI=1S/C20H19NO3S/c22-19(21-11-10-17-8-4-12-25-17)14-24-20(23)13-16-7-3-6-15-5-1-2-9-18(15)16/h1-9,12H,10-11,13-14H2,(H,21,22). The first kappa shape index (κ1) is 17.2. The Bertz CT molecular complexity index is 853.